The standard InChI is InChI=1S/C26H25N3O3S3/c1-17-9-11-20(12-10-17)24-18(2)34-26(27-24)28-25(30)19(3)33-22-15-13-21(14-16-22)29-35(31,32)23-7-5-4-6-8-23/h4-16,19,29H,1-3H3,(H,27,28,30). The smallest absolute Gasteiger partial charge is 0.261 e. The number of rotatable bonds is 8. The molecule has 3 aromatic carbocycles. The highest BCUT2D eigenvalue weighted by atomic mass is 32.2. The molecule has 9 heteroatoms. The van der Waals surface area contributed by atoms with E-state index in [9.17, 15) is 13.2 Å². The fraction of sp³-hybridized carbons (Fsp3) is 0.154. The molecule has 0 fully saturated rings. The first-order valence-electron chi connectivity index (χ1n) is 10.9. The van der Waals surface area contributed by atoms with Crippen LogP contribution in [0.3, 0.4) is 0 Å². The minimum absolute atomic E-state index is 0.145. The molecular weight excluding hydrogens is 499 g/mol. The Morgan fingerprint density at radius 1 is 0.943 bits per heavy atom. The summed E-state index contributed by atoms with van der Waals surface area (Å²) < 4.78 is 27.5. The number of anilines is 2. The fourth-order valence-electron chi connectivity index (χ4n) is 3.31. The highest BCUT2D eigenvalue weighted by Crippen LogP contribution is 2.32. The zero-order chi connectivity index (χ0) is 25.0. The maximum Gasteiger partial charge on any atom is 0.261 e. The van der Waals surface area contributed by atoms with Crippen molar-refractivity contribution in [2.24, 2.45) is 0 Å². The van der Waals surface area contributed by atoms with E-state index < -0.39 is 10.0 Å². The lowest BCUT2D eigenvalue weighted by atomic mass is 10.1. The van der Waals surface area contributed by atoms with E-state index in [1.165, 1.54) is 28.7 Å². The number of nitrogens with zero attached hydrogens (tertiary/aromatic N) is 1. The molecule has 0 aliphatic heterocycles. The van der Waals surface area contributed by atoms with Gasteiger partial charge in [-0.25, -0.2) is 13.4 Å². The van der Waals surface area contributed by atoms with Crippen LogP contribution in [0.5, 0.6) is 0 Å². The Bertz CT molecular complexity index is 1420. The summed E-state index contributed by atoms with van der Waals surface area (Å²) in [5.74, 6) is -0.145. The zero-order valence-electron chi connectivity index (χ0n) is 19.5. The fourth-order valence-corrected chi connectivity index (χ4v) is 6.09. The monoisotopic (exact) mass is 523 g/mol. The predicted molar refractivity (Wildman–Crippen MR) is 145 cm³/mol. The Morgan fingerprint density at radius 2 is 1.60 bits per heavy atom. The number of hydrogen-bond acceptors (Lipinski definition) is 6. The molecule has 0 aliphatic carbocycles. The lowest BCUT2D eigenvalue weighted by molar-refractivity contribution is -0.115. The Morgan fingerprint density at radius 3 is 2.26 bits per heavy atom. The van der Waals surface area contributed by atoms with Gasteiger partial charge in [-0.1, -0.05) is 48.0 Å². The molecule has 35 heavy (non-hydrogen) atoms. The summed E-state index contributed by atoms with van der Waals surface area (Å²) in [6.45, 7) is 5.86. The quantitative estimate of drug-likeness (QED) is 0.263. The molecule has 0 saturated carbocycles. The largest absolute Gasteiger partial charge is 0.301 e. The molecule has 1 unspecified atom stereocenters. The van der Waals surface area contributed by atoms with Gasteiger partial charge in [-0.3, -0.25) is 9.52 Å². The van der Waals surface area contributed by atoms with Crippen LogP contribution in [0.25, 0.3) is 11.3 Å². The van der Waals surface area contributed by atoms with Gasteiger partial charge in [0.25, 0.3) is 10.0 Å². The van der Waals surface area contributed by atoms with Crippen LogP contribution in [0, 0.1) is 13.8 Å². The van der Waals surface area contributed by atoms with Crippen molar-refractivity contribution in [3.8, 4) is 11.3 Å². The van der Waals surface area contributed by atoms with Crippen LogP contribution in [0.1, 0.15) is 17.4 Å². The van der Waals surface area contributed by atoms with Crippen LogP contribution in [-0.4, -0.2) is 24.6 Å². The van der Waals surface area contributed by atoms with Gasteiger partial charge in [0, 0.05) is 21.0 Å². The van der Waals surface area contributed by atoms with E-state index in [0.29, 0.717) is 10.8 Å². The molecule has 4 aromatic rings. The molecule has 0 spiro atoms. The van der Waals surface area contributed by atoms with Crippen molar-refractivity contribution < 1.29 is 13.2 Å². The van der Waals surface area contributed by atoms with Crippen molar-refractivity contribution in [2.45, 2.75) is 35.8 Å². The van der Waals surface area contributed by atoms with Crippen LogP contribution in [-0.2, 0) is 14.8 Å². The maximum atomic E-state index is 12.8. The molecule has 1 aromatic heterocycles. The van der Waals surface area contributed by atoms with Crippen molar-refractivity contribution in [3.05, 3.63) is 89.3 Å². The third kappa shape index (κ3) is 6.30. The molecule has 2 N–H and O–H groups in total. The number of carbonyl (C=O) groups is 1. The van der Waals surface area contributed by atoms with Crippen LogP contribution in [0.15, 0.2) is 88.7 Å². The molecule has 0 saturated heterocycles. The van der Waals surface area contributed by atoms with E-state index in [1.54, 1.807) is 54.6 Å². The number of aromatic nitrogens is 1. The minimum Gasteiger partial charge on any atom is -0.301 e. The molecule has 1 amide bonds. The van der Waals surface area contributed by atoms with Gasteiger partial charge in [-0.05, 0) is 57.2 Å². The summed E-state index contributed by atoms with van der Waals surface area (Å²) in [6, 6.07) is 23.3. The third-order valence-electron chi connectivity index (χ3n) is 5.19. The van der Waals surface area contributed by atoms with E-state index in [0.717, 1.165) is 21.0 Å². The predicted octanol–water partition coefficient (Wildman–Crippen LogP) is 6.35. The zero-order valence-corrected chi connectivity index (χ0v) is 21.9. The van der Waals surface area contributed by atoms with Crippen molar-refractivity contribution in [1.82, 2.24) is 4.98 Å². The normalized spacial score (nSPS) is 12.2. The summed E-state index contributed by atoms with van der Waals surface area (Å²) in [4.78, 5) is 19.5. The van der Waals surface area contributed by atoms with Crippen molar-refractivity contribution in [3.63, 3.8) is 0 Å². The summed E-state index contributed by atoms with van der Waals surface area (Å²) in [7, 11) is -3.65. The first-order chi connectivity index (χ1) is 16.7. The molecule has 1 heterocycles. The van der Waals surface area contributed by atoms with Crippen molar-refractivity contribution in [1.29, 1.82) is 0 Å². The first-order valence-corrected chi connectivity index (χ1v) is 14.1. The molecule has 4 rings (SSSR count). The Kier molecular flexibility index (Phi) is 7.59. The van der Waals surface area contributed by atoms with Crippen molar-refractivity contribution >= 4 is 49.8 Å². The second kappa shape index (κ2) is 10.6. The maximum absolute atomic E-state index is 12.8. The van der Waals surface area contributed by atoms with Gasteiger partial charge in [0.05, 0.1) is 15.8 Å². The number of nitrogens with one attached hydrogen (secondary N) is 2. The van der Waals surface area contributed by atoms with E-state index in [4.69, 9.17) is 0 Å². The van der Waals surface area contributed by atoms with Crippen LogP contribution in [0.4, 0.5) is 10.8 Å². The summed E-state index contributed by atoms with van der Waals surface area (Å²) in [6.07, 6.45) is 0. The number of sulfonamides is 1. The Balaban J connectivity index is 1.37. The number of thiazole rings is 1. The van der Waals surface area contributed by atoms with E-state index in [2.05, 4.69) is 15.0 Å². The number of amides is 1. The number of aryl methyl sites for hydroxylation is 2. The second-order valence-electron chi connectivity index (χ2n) is 7.98. The summed E-state index contributed by atoms with van der Waals surface area (Å²) >= 11 is 2.84. The second-order valence-corrected chi connectivity index (χ2v) is 12.3. The first kappa shape index (κ1) is 25.0. The molecule has 0 bridgehead atoms. The summed E-state index contributed by atoms with van der Waals surface area (Å²) in [5.41, 5.74) is 3.54. The highest BCUT2D eigenvalue weighted by Gasteiger charge is 2.18. The van der Waals surface area contributed by atoms with Gasteiger partial charge >= 0.3 is 0 Å². The van der Waals surface area contributed by atoms with Gasteiger partial charge in [0.2, 0.25) is 5.91 Å². The van der Waals surface area contributed by atoms with Gasteiger partial charge in [0.15, 0.2) is 5.13 Å². The van der Waals surface area contributed by atoms with Crippen molar-refractivity contribution in [2.75, 3.05) is 10.0 Å². The molecule has 0 aliphatic rings. The average Bonchev–Trinajstić information content (AvgIpc) is 3.21. The molecule has 6 nitrogen and oxygen atoms in total. The van der Waals surface area contributed by atoms with Gasteiger partial charge in [-0.2, -0.15) is 0 Å². The third-order valence-corrected chi connectivity index (χ3v) is 8.59. The SMILES string of the molecule is Cc1ccc(-c2nc(NC(=O)C(C)Sc3ccc(NS(=O)(=O)c4ccccc4)cc3)sc2C)cc1. The lowest BCUT2D eigenvalue weighted by Crippen LogP contribution is -2.22. The Hall–Kier alpha value is -3.14. The topological polar surface area (TPSA) is 88.2 Å². The number of thioether (sulfide) groups is 1. The number of hydrogen-bond donors (Lipinski definition) is 2. The Labute approximate surface area is 213 Å². The molecule has 1 atom stereocenters. The summed E-state index contributed by atoms with van der Waals surface area (Å²) in [5, 5.41) is 3.12. The molecule has 180 valence electrons. The van der Waals surface area contributed by atoms with E-state index in [-0.39, 0.29) is 16.1 Å². The van der Waals surface area contributed by atoms with Crippen LogP contribution < -0.4 is 10.0 Å². The minimum atomic E-state index is -3.65. The number of carbonyl (C=O) groups excluding carboxylic acids is 1. The van der Waals surface area contributed by atoms with Gasteiger partial charge in [-0.15, -0.1) is 23.1 Å². The van der Waals surface area contributed by atoms with E-state index >= 15 is 0 Å². The molecule has 0 radical (unpaired) electrons. The van der Waals surface area contributed by atoms with Crippen LogP contribution in [0.2, 0.25) is 0 Å². The van der Waals surface area contributed by atoms with Crippen LogP contribution >= 0.6 is 23.1 Å². The van der Waals surface area contributed by atoms with Gasteiger partial charge in [0.1, 0.15) is 0 Å². The number of benzene rings is 3. The lowest BCUT2D eigenvalue weighted by Gasteiger charge is -2.12. The average molecular weight is 524 g/mol. The highest BCUT2D eigenvalue weighted by molar-refractivity contribution is 8.00. The van der Waals surface area contributed by atoms with E-state index in [1.807, 2.05) is 45.0 Å². The van der Waals surface area contributed by atoms with Gasteiger partial charge < -0.3 is 5.32 Å². The molecular formula is C26H25N3O3S3.